The summed E-state index contributed by atoms with van der Waals surface area (Å²) in [5.74, 6) is -0.689. The number of carbonyl (C=O) groups is 2. The number of nitrogens with one attached hydrogen (secondary N) is 1. The molecule has 0 bridgehead atoms. The summed E-state index contributed by atoms with van der Waals surface area (Å²) in [6, 6.07) is 7.36. The van der Waals surface area contributed by atoms with Crippen molar-refractivity contribution in [2.45, 2.75) is 48.9 Å². The van der Waals surface area contributed by atoms with Crippen molar-refractivity contribution in [2.75, 3.05) is 13.7 Å². The number of sulfonamides is 1. The number of amides is 1. The summed E-state index contributed by atoms with van der Waals surface area (Å²) in [4.78, 5) is 27.6. The van der Waals surface area contributed by atoms with Crippen molar-refractivity contribution in [1.82, 2.24) is 9.62 Å². The predicted octanol–water partition coefficient (Wildman–Crippen LogP) is 3.15. The lowest BCUT2D eigenvalue weighted by atomic mass is 10.0. The minimum atomic E-state index is -3.82. The Morgan fingerprint density at radius 2 is 2.03 bits per heavy atom. The minimum Gasteiger partial charge on any atom is -0.465 e. The Bertz CT molecular complexity index is 1120. The minimum absolute atomic E-state index is 0.0124. The molecule has 0 atom stereocenters. The van der Waals surface area contributed by atoms with Crippen LogP contribution in [0.2, 0.25) is 5.02 Å². The van der Waals surface area contributed by atoms with E-state index in [2.05, 4.69) is 4.72 Å². The highest BCUT2D eigenvalue weighted by Crippen LogP contribution is 2.37. The van der Waals surface area contributed by atoms with Gasteiger partial charge in [-0.25, -0.2) is 17.9 Å². The molecule has 0 spiro atoms. The highest BCUT2D eigenvalue weighted by Gasteiger charge is 2.37. The van der Waals surface area contributed by atoms with Crippen LogP contribution >= 0.6 is 22.9 Å². The van der Waals surface area contributed by atoms with Crippen molar-refractivity contribution in [2.24, 2.45) is 0 Å². The van der Waals surface area contributed by atoms with Crippen LogP contribution in [0.5, 0.6) is 0 Å². The molecule has 2 aliphatic rings. The van der Waals surface area contributed by atoms with Crippen LogP contribution in [-0.4, -0.2) is 44.9 Å². The number of methoxy groups -OCH3 is 1. The van der Waals surface area contributed by atoms with E-state index in [4.69, 9.17) is 16.3 Å². The largest absolute Gasteiger partial charge is 0.465 e. The number of halogens is 1. The first-order chi connectivity index (χ1) is 14.8. The molecule has 1 amide bonds. The number of hydrogen-bond donors (Lipinski definition) is 1. The summed E-state index contributed by atoms with van der Waals surface area (Å²) in [7, 11) is -2.58. The van der Waals surface area contributed by atoms with Crippen molar-refractivity contribution < 1.29 is 22.7 Å². The maximum atomic E-state index is 12.8. The van der Waals surface area contributed by atoms with Crippen molar-refractivity contribution in [1.29, 1.82) is 0 Å². The monoisotopic (exact) mass is 482 g/mol. The van der Waals surface area contributed by atoms with Gasteiger partial charge in [0.1, 0.15) is 4.21 Å². The van der Waals surface area contributed by atoms with Gasteiger partial charge in [-0.1, -0.05) is 29.8 Å². The Hall–Kier alpha value is -1.94. The number of carbonyl (C=O) groups excluding carboxylic acids is 2. The van der Waals surface area contributed by atoms with Gasteiger partial charge in [-0.3, -0.25) is 4.79 Å². The van der Waals surface area contributed by atoms with E-state index in [1.165, 1.54) is 7.11 Å². The van der Waals surface area contributed by atoms with Crippen molar-refractivity contribution >= 4 is 44.8 Å². The fraction of sp³-hybridized carbons (Fsp3) is 0.429. The van der Waals surface area contributed by atoms with Crippen LogP contribution in [0.4, 0.5) is 0 Å². The number of nitrogens with zero attached hydrogens (tertiary/aromatic N) is 1. The van der Waals surface area contributed by atoms with Crippen LogP contribution in [0.25, 0.3) is 0 Å². The average molecular weight is 483 g/mol. The first-order valence-corrected chi connectivity index (χ1v) is 12.7. The number of hydrogen-bond acceptors (Lipinski definition) is 6. The third kappa shape index (κ3) is 4.79. The second kappa shape index (κ2) is 8.90. The van der Waals surface area contributed by atoms with Gasteiger partial charge in [0.15, 0.2) is 0 Å². The van der Waals surface area contributed by atoms with Crippen LogP contribution in [0.1, 0.15) is 45.6 Å². The van der Waals surface area contributed by atoms with Crippen LogP contribution in [0, 0.1) is 0 Å². The van der Waals surface area contributed by atoms with Gasteiger partial charge in [-0.2, -0.15) is 0 Å². The lowest BCUT2D eigenvalue weighted by molar-refractivity contribution is -0.132. The lowest BCUT2D eigenvalue weighted by Crippen LogP contribution is -2.35. The van der Waals surface area contributed by atoms with Crippen LogP contribution in [0.15, 0.2) is 28.5 Å². The van der Waals surface area contributed by atoms with Gasteiger partial charge in [0.05, 0.1) is 19.2 Å². The second-order valence-electron chi connectivity index (χ2n) is 7.71. The van der Waals surface area contributed by atoms with E-state index < -0.39 is 16.0 Å². The highest BCUT2D eigenvalue weighted by molar-refractivity contribution is 7.91. The molecule has 1 N–H and O–H groups in total. The zero-order valence-electron chi connectivity index (χ0n) is 17.0. The highest BCUT2D eigenvalue weighted by atomic mass is 35.5. The van der Waals surface area contributed by atoms with E-state index >= 15 is 0 Å². The number of benzene rings is 1. The van der Waals surface area contributed by atoms with Gasteiger partial charge in [0.25, 0.3) is 10.0 Å². The lowest BCUT2D eigenvalue weighted by Gasteiger charge is -2.27. The molecule has 10 heteroatoms. The molecular formula is C21H23ClN2O5S2. The number of fused-ring (bicyclic) bond motifs is 1. The van der Waals surface area contributed by atoms with Crippen LogP contribution in [-0.2, 0) is 38.9 Å². The fourth-order valence-electron chi connectivity index (χ4n) is 3.66. The second-order valence-corrected chi connectivity index (χ2v) is 11.1. The topological polar surface area (TPSA) is 92.8 Å². The molecule has 4 rings (SSSR count). The molecule has 0 unspecified atom stereocenters. The van der Waals surface area contributed by atoms with E-state index in [9.17, 15) is 18.0 Å². The third-order valence-electron chi connectivity index (χ3n) is 5.48. The molecule has 1 aromatic heterocycles. The smallest absolute Gasteiger partial charge is 0.340 e. The molecule has 2 heterocycles. The zero-order valence-corrected chi connectivity index (χ0v) is 19.4. The molecule has 0 radical (unpaired) electrons. The van der Waals surface area contributed by atoms with E-state index in [0.29, 0.717) is 41.3 Å². The van der Waals surface area contributed by atoms with Crippen LogP contribution < -0.4 is 4.72 Å². The number of rotatable bonds is 7. The Morgan fingerprint density at radius 3 is 2.71 bits per heavy atom. The summed E-state index contributed by atoms with van der Waals surface area (Å²) >= 11 is 7.23. The zero-order chi connectivity index (χ0) is 22.2. The molecule has 0 saturated heterocycles. The number of ether oxygens (including phenoxy) is 1. The molecule has 1 aliphatic carbocycles. The van der Waals surface area contributed by atoms with Gasteiger partial charge < -0.3 is 9.64 Å². The standard InChI is InChI=1S/C21H23ClN2O5S2/c1-29-20(26)19-15-10-11-24(18(25)9-6-13-4-2-3-5-16(13)22)12-17(15)30-21(19)31(27,28)23-14-7-8-14/h2-5,14,23H,6-12H2,1H3. The molecule has 1 saturated carbocycles. The van der Waals surface area contributed by atoms with Crippen LogP contribution in [0.3, 0.4) is 0 Å². The maximum Gasteiger partial charge on any atom is 0.340 e. The van der Waals surface area contributed by atoms with Crippen molar-refractivity contribution in [3.63, 3.8) is 0 Å². The molecule has 1 aliphatic heterocycles. The molecule has 31 heavy (non-hydrogen) atoms. The SMILES string of the molecule is COC(=O)c1c(S(=O)(=O)NC2CC2)sc2c1CCN(C(=O)CCc1ccccc1Cl)C2. The summed E-state index contributed by atoms with van der Waals surface area (Å²) in [6.45, 7) is 0.703. The molecular weight excluding hydrogens is 460 g/mol. The number of esters is 1. The number of aryl methyl sites for hydroxylation is 1. The Kier molecular flexibility index (Phi) is 6.39. The summed E-state index contributed by atoms with van der Waals surface area (Å²) in [5, 5.41) is 0.634. The normalized spacial score (nSPS) is 16.1. The molecule has 1 fully saturated rings. The maximum absolute atomic E-state index is 12.8. The molecule has 166 valence electrons. The Morgan fingerprint density at radius 1 is 1.29 bits per heavy atom. The first kappa shape index (κ1) is 22.3. The van der Waals surface area contributed by atoms with Gasteiger partial charge in [0.2, 0.25) is 5.91 Å². The Balaban J connectivity index is 1.54. The van der Waals surface area contributed by atoms with Gasteiger partial charge in [-0.15, -0.1) is 11.3 Å². The predicted molar refractivity (Wildman–Crippen MR) is 118 cm³/mol. The number of thiophene rings is 1. The van der Waals surface area contributed by atoms with Gasteiger partial charge >= 0.3 is 5.97 Å². The Labute approximate surface area is 190 Å². The fourth-order valence-corrected chi connectivity index (χ4v) is 7.12. The van der Waals surface area contributed by atoms with E-state index in [1.807, 2.05) is 18.2 Å². The van der Waals surface area contributed by atoms with Crippen molar-refractivity contribution in [3.8, 4) is 0 Å². The summed E-state index contributed by atoms with van der Waals surface area (Å²) < 4.78 is 33.2. The molecule has 7 nitrogen and oxygen atoms in total. The average Bonchev–Trinajstić information content (AvgIpc) is 3.46. The van der Waals surface area contributed by atoms with E-state index in [1.54, 1.807) is 11.0 Å². The van der Waals surface area contributed by atoms with Gasteiger partial charge in [-0.05, 0) is 42.9 Å². The van der Waals surface area contributed by atoms with Crippen molar-refractivity contribution in [3.05, 3.63) is 50.9 Å². The first-order valence-electron chi connectivity index (χ1n) is 10.1. The quantitative estimate of drug-likeness (QED) is 0.612. The van der Waals surface area contributed by atoms with E-state index in [-0.39, 0.29) is 28.3 Å². The summed E-state index contributed by atoms with van der Waals surface area (Å²) in [5.41, 5.74) is 1.70. The van der Waals surface area contributed by atoms with Gasteiger partial charge in [0, 0.05) is 28.9 Å². The molecule has 2 aromatic rings. The third-order valence-corrected chi connectivity index (χ3v) is 9.10. The molecule has 1 aromatic carbocycles. The summed E-state index contributed by atoms with van der Waals surface area (Å²) in [6.07, 6.45) is 2.84. The van der Waals surface area contributed by atoms with E-state index in [0.717, 1.165) is 29.7 Å².